The van der Waals surface area contributed by atoms with E-state index in [2.05, 4.69) is 10.2 Å². The zero-order chi connectivity index (χ0) is 15.0. The highest BCUT2D eigenvalue weighted by Crippen LogP contribution is 2.30. The van der Waals surface area contributed by atoms with Gasteiger partial charge in [0.2, 0.25) is 5.91 Å². The van der Waals surface area contributed by atoms with Gasteiger partial charge in [-0.15, -0.1) is 0 Å². The first kappa shape index (κ1) is 15.3. The van der Waals surface area contributed by atoms with Gasteiger partial charge in [-0.3, -0.25) is 14.5 Å². The molecule has 6 heteroatoms. The van der Waals surface area contributed by atoms with Crippen molar-refractivity contribution >= 4 is 11.8 Å². The van der Waals surface area contributed by atoms with E-state index in [4.69, 9.17) is 0 Å². The van der Waals surface area contributed by atoms with E-state index < -0.39 is 11.1 Å². The molecule has 2 fully saturated rings. The van der Waals surface area contributed by atoms with Gasteiger partial charge in [0.05, 0.1) is 0 Å². The summed E-state index contributed by atoms with van der Waals surface area (Å²) in [6.45, 7) is 5.64. The van der Waals surface area contributed by atoms with Crippen LogP contribution in [0, 0.1) is 0 Å². The van der Waals surface area contributed by atoms with Crippen molar-refractivity contribution in [2.24, 2.45) is 0 Å². The van der Waals surface area contributed by atoms with Crippen molar-refractivity contribution in [1.29, 1.82) is 0 Å². The van der Waals surface area contributed by atoms with Crippen LogP contribution >= 0.6 is 0 Å². The molecule has 1 spiro atoms. The molecule has 0 saturated carbocycles. The van der Waals surface area contributed by atoms with Crippen LogP contribution in [0.5, 0.6) is 0 Å². The number of aliphatic hydroxyl groups is 1. The lowest BCUT2D eigenvalue weighted by molar-refractivity contribution is -0.153. The molecule has 2 heterocycles. The summed E-state index contributed by atoms with van der Waals surface area (Å²) in [4.78, 5) is 28.2. The number of amides is 2. The van der Waals surface area contributed by atoms with Crippen LogP contribution in [-0.4, -0.2) is 71.1 Å². The molecule has 2 rings (SSSR count). The standard InChI is InChI=1S/C14H25N3O3/c1-13(2,20)12(19)17-9-5-14(6-10-17)11(18)15-7-4-8-16(14)3/h20H,4-10H2,1-3H3,(H,15,18). The number of rotatable bonds is 1. The summed E-state index contributed by atoms with van der Waals surface area (Å²) in [5.74, 6) is -0.183. The molecule has 0 radical (unpaired) electrons. The first-order valence-corrected chi connectivity index (χ1v) is 7.29. The van der Waals surface area contributed by atoms with Crippen LogP contribution < -0.4 is 5.32 Å². The van der Waals surface area contributed by atoms with Gasteiger partial charge in [-0.1, -0.05) is 0 Å². The fourth-order valence-electron chi connectivity index (χ4n) is 3.15. The molecule has 2 amide bonds. The quantitative estimate of drug-likeness (QED) is 0.685. The fraction of sp³-hybridized carbons (Fsp3) is 0.857. The maximum atomic E-state index is 12.4. The van der Waals surface area contributed by atoms with Gasteiger partial charge in [0, 0.05) is 26.2 Å². The van der Waals surface area contributed by atoms with Gasteiger partial charge in [0.15, 0.2) is 0 Å². The van der Waals surface area contributed by atoms with Gasteiger partial charge in [-0.2, -0.15) is 0 Å². The third-order valence-corrected chi connectivity index (χ3v) is 4.51. The van der Waals surface area contributed by atoms with Crippen molar-refractivity contribution in [3.63, 3.8) is 0 Å². The average molecular weight is 283 g/mol. The summed E-state index contributed by atoms with van der Waals surface area (Å²) >= 11 is 0. The Hall–Kier alpha value is -1.14. The lowest BCUT2D eigenvalue weighted by Gasteiger charge is -2.45. The smallest absolute Gasteiger partial charge is 0.253 e. The fourth-order valence-corrected chi connectivity index (χ4v) is 3.15. The van der Waals surface area contributed by atoms with Gasteiger partial charge in [-0.05, 0) is 40.2 Å². The lowest BCUT2D eigenvalue weighted by Crippen LogP contribution is -2.62. The predicted octanol–water partition coefficient (Wildman–Crippen LogP) is -0.430. The van der Waals surface area contributed by atoms with Gasteiger partial charge >= 0.3 is 0 Å². The Kier molecular flexibility index (Phi) is 4.07. The second-order valence-electron chi connectivity index (χ2n) is 6.41. The minimum absolute atomic E-state index is 0.0767. The largest absolute Gasteiger partial charge is 0.381 e. The monoisotopic (exact) mass is 283 g/mol. The van der Waals surface area contributed by atoms with Crippen molar-refractivity contribution in [3.05, 3.63) is 0 Å². The Bertz CT molecular complexity index is 395. The summed E-state index contributed by atoms with van der Waals surface area (Å²) in [6.07, 6.45) is 2.20. The summed E-state index contributed by atoms with van der Waals surface area (Å²) < 4.78 is 0. The molecule has 0 aromatic heterocycles. The number of hydrogen-bond acceptors (Lipinski definition) is 4. The van der Waals surface area contributed by atoms with Gasteiger partial charge in [0.1, 0.15) is 11.1 Å². The molecular formula is C14H25N3O3. The highest BCUT2D eigenvalue weighted by molar-refractivity contribution is 5.88. The summed E-state index contributed by atoms with van der Waals surface area (Å²) in [7, 11) is 1.98. The predicted molar refractivity (Wildman–Crippen MR) is 75.1 cm³/mol. The maximum Gasteiger partial charge on any atom is 0.253 e. The van der Waals surface area contributed by atoms with E-state index in [0.717, 1.165) is 19.5 Å². The SMILES string of the molecule is CN1CCCNC(=O)C12CCN(C(=O)C(C)(C)O)CC2. The molecule has 6 nitrogen and oxygen atoms in total. The van der Waals surface area contributed by atoms with Gasteiger partial charge < -0.3 is 15.3 Å². The van der Waals surface area contributed by atoms with Crippen molar-refractivity contribution in [2.45, 2.75) is 44.2 Å². The Balaban J connectivity index is 2.09. The first-order chi connectivity index (χ1) is 9.27. The van der Waals surface area contributed by atoms with E-state index in [1.807, 2.05) is 7.05 Å². The molecule has 2 N–H and O–H groups in total. The van der Waals surface area contributed by atoms with E-state index in [-0.39, 0.29) is 11.8 Å². The molecule has 2 aliphatic rings. The first-order valence-electron chi connectivity index (χ1n) is 7.29. The van der Waals surface area contributed by atoms with Crippen molar-refractivity contribution in [1.82, 2.24) is 15.1 Å². The molecule has 0 aromatic rings. The number of likely N-dealkylation sites (N-methyl/N-ethyl adjacent to an activating group) is 1. The zero-order valence-corrected chi connectivity index (χ0v) is 12.6. The van der Waals surface area contributed by atoms with E-state index in [1.54, 1.807) is 4.90 Å². The molecule has 2 saturated heterocycles. The normalized spacial score (nSPS) is 24.4. The summed E-state index contributed by atoms with van der Waals surface area (Å²) in [5.41, 5.74) is -1.84. The van der Waals surface area contributed by atoms with Crippen LogP contribution in [0.1, 0.15) is 33.1 Å². The maximum absolute atomic E-state index is 12.4. The number of carbonyl (C=O) groups excluding carboxylic acids is 2. The van der Waals surface area contributed by atoms with Crippen molar-refractivity contribution in [3.8, 4) is 0 Å². The molecule has 0 atom stereocenters. The summed E-state index contributed by atoms with van der Waals surface area (Å²) in [6, 6.07) is 0. The zero-order valence-electron chi connectivity index (χ0n) is 12.6. The van der Waals surface area contributed by atoms with Crippen LogP contribution in [0.4, 0.5) is 0 Å². The number of carbonyl (C=O) groups is 2. The highest BCUT2D eigenvalue weighted by atomic mass is 16.3. The second kappa shape index (κ2) is 5.33. The Morgan fingerprint density at radius 2 is 1.90 bits per heavy atom. The molecule has 2 aliphatic heterocycles. The molecule has 0 bridgehead atoms. The number of hydrogen-bond donors (Lipinski definition) is 2. The van der Waals surface area contributed by atoms with E-state index in [0.29, 0.717) is 25.9 Å². The van der Waals surface area contributed by atoms with Crippen molar-refractivity contribution < 1.29 is 14.7 Å². The Morgan fingerprint density at radius 1 is 1.30 bits per heavy atom. The Labute approximate surface area is 120 Å². The second-order valence-corrected chi connectivity index (χ2v) is 6.41. The van der Waals surface area contributed by atoms with E-state index in [1.165, 1.54) is 13.8 Å². The van der Waals surface area contributed by atoms with Crippen LogP contribution in [0.3, 0.4) is 0 Å². The number of likely N-dealkylation sites (tertiary alicyclic amines) is 1. The number of nitrogens with one attached hydrogen (secondary N) is 1. The van der Waals surface area contributed by atoms with Gasteiger partial charge in [0.25, 0.3) is 5.91 Å². The van der Waals surface area contributed by atoms with Crippen LogP contribution in [-0.2, 0) is 9.59 Å². The van der Waals surface area contributed by atoms with Crippen molar-refractivity contribution in [2.75, 3.05) is 33.2 Å². The highest BCUT2D eigenvalue weighted by Gasteiger charge is 2.47. The molecule has 0 aromatic carbocycles. The van der Waals surface area contributed by atoms with Crippen LogP contribution in [0.2, 0.25) is 0 Å². The molecule has 20 heavy (non-hydrogen) atoms. The van der Waals surface area contributed by atoms with E-state index in [9.17, 15) is 14.7 Å². The number of nitrogens with zero attached hydrogens (tertiary/aromatic N) is 2. The third-order valence-electron chi connectivity index (χ3n) is 4.51. The molecular weight excluding hydrogens is 258 g/mol. The average Bonchev–Trinajstić information content (AvgIpc) is 2.52. The van der Waals surface area contributed by atoms with Crippen LogP contribution in [0.15, 0.2) is 0 Å². The Morgan fingerprint density at radius 3 is 2.45 bits per heavy atom. The molecule has 0 aliphatic carbocycles. The molecule has 0 unspecified atom stereocenters. The van der Waals surface area contributed by atoms with E-state index >= 15 is 0 Å². The summed E-state index contributed by atoms with van der Waals surface area (Å²) in [5, 5.41) is 12.8. The van der Waals surface area contributed by atoms with Crippen LogP contribution in [0.25, 0.3) is 0 Å². The topological polar surface area (TPSA) is 72.9 Å². The van der Waals surface area contributed by atoms with Gasteiger partial charge in [-0.25, -0.2) is 0 Å². The minimum Gasteiger partial charge on any atom is -0.381 e. The lowest BCUT2D eigenvalue weighted by atomic mass is 9.84. The third kappa shape index (κ3) is 2.67. The minimum atomic E-state index is -1.35. The number of piperidine rings is 1. The molecule has 114 valence electrons.